The molecule has 8 heteroatoms. The van der Waals surface area contributed by atoms with Crippen LogP contribution in [0.1, 0.15) is 27.3 Å². The van der Waals surface area contributed by atoms with Crippen LogP contribution >= 0.6 is 0 Å². The zero-order valence-corrected chi connectivity index (χ0v) is 10.6. The van der Waals surface area contributed by atoms with Gasteiger partial charge in [-0.15, -0.1) is 5.10 Å². The number of nitrogens with one attached hydrogen (secondary N) is 1. The van der Waals surface area contributed by atoms with E-state index in [0.29, 0.717) is 19.5 Å². The molecule has 0 bridgehead atoms. The van der Waals surface area contributed by atoms with Gasteiger partial charge in [-0.1, -0.05) is 5.21 Å². The first-order valence-corrected chi connectivity index (χ1v) is 5.98. The van der Waals surface area contributed by atoms with E-state index in [9.17, 15) is 9.59 Å². The lowest BCUT2D eigenvalue weighted by Gasteiger charge is -2.05. The standard InChI is InChI=1S/C12H13N5O3/c18-11(9-2-4-13-10(8-9)12(19)20)14-3-1-6-17-7-5-15-16-17/h2,4-5,7-8H,1,3,6H2,(H,14,18)(H,19,20). The molecule has 20 heavy (non-hydrogen) atoms. The summed E-state index contributed by atoms with van der Waals surface area (Å²) in [6, 6.07) is 2.72. The molecule has 0 saturated carbocycles. The molecule has 0 aromatic carbocycles. The Hall–Kier alpha value is -2.77. The highest BCUT2D eigenvalue weighted by molar-refractivity contribution is 5.96. The summed E-state index contributed by atoms with van der Waals surface area (Å²) >= 11 is 0. The quantitative estimate of drug-likeness (QED) is 0.728. The molecule has 104 valence electrons. The lowest BCUT2D eigenvalue weighted by molar-refractivity contribution is 0.0690. The molecular formula is C12H13N5O3. The van der Waals surface area contributed by atoms with Crippen LogP contribution in [0.15, 0.2) is 30.7 Å². The molecule has 2 aromatic heterocycles. The van der Waals surface area contributed by atoms with Crippen molar-refractivity contribution in [1.82, 2.24) is 25.3 Å². The average molecular weight is 275 g/mol. The molecule has 0 aliphatic heterocycles. The van der Waals surface area contributed by atoms with Gasteiger partial charge >= 0.3 is 5.97 Å². The van der Waals surface area contributed by atoms with Gasteiger partial charge < -0.3 is 10.4 Å². The van der Waals surface area contributed by atoms with E-state index in [0.717, 1.165) is 0 Å². The predicted octanol–water partition coefficient (Wildman–Crippen LogP) is 0.191. The first-order valence-electron chi connectivity index (χ1n) is 5.98. The van der Waals surface area contributed by atoms with Crippen LogP contribution in [-0.4, -0.2) is 43.5 Å². The number of rotatable bonds is 6. The Balaban J connectivity index is 1.82. The monoisotopic (exact) mass is 275 g/mol. The number of aromatic nitrogens is 4. The number of carboxylic acids is 1. The van der Waals surface area contributed by atoms with Gasteiger partial charge in [-0.2, -0.15) is 0 Å². The third kappa shape index (κ3) is 3.61. The van der Waals surface area contributed by atoms with Crippen molar-refractivity contribution in [3.05, 3.63) is 42.0 Å². The number of aromatic carboxylic acids is 1. The molecule has 2 heterocycles. The lowest BCUT2D eigenvalue weighted by Crippen LogP contribution is -2.25. The van der Waals surface area contributed by atoms with Crippen LogP contribution in [0.3, 0.4) is 0 Å². The van der Waals surface area contributed by atoms with E-state index in [4.69, 9.17) is 5.11 Å². The second-order valence-electron chi connectivity index (χ2n) is 4.01. The van der Waals surface area contributed by atoms with E-state index in [1.54, 1.807) is 17.1 Å². The van der Waals surface area contributed by atoms with E-state index >= 15 is 0 Å². The Bertz CT molecular complexity index is 597. The lowest BCUT2D eigenvalue weighted by atomic mass is 10.2. The molecule has 0 radical (unpaired) electrons. The number of hydrogen-bond acceptors (Lipinski definition) is 5. The summed E-state index contributed by atoms with van der Waals surface area (Å²) in [6.45, 7) is 1.11. The maximum Gasteiger partial charge on any atom is 0.354 e. The summed E-state index contributed by atoms with van der Waals surface area (Å²) in [4.78, 5) is 26.2. The molecule has 2 rings (SSSR count). The minimum atomic E-state index is -1.16. The number of carbonyl (C=O) groups is 2. The van der Waals surface area contributed by atoms with Crippen molar-refractivity contribution in [2.45, 2.75) is 13.0 Å². The third-order valence-electron chi connectivity index (χ3n) is 2.56. The number of hydrogen-bond donors (Lipinski definition) is 2. The molecule has 0 saturated heterocycles. The molecular weight excluding hydrogens is 262 g/mol. The summed E-state index contributed by atoms with van der Waals surface area (Å²) in [5.41, 5.74) is 0.124. The van der Waals surface area contributed by atoms with Crippen LogP contribution in [0.4, 0.5) is 0 Å². The van der Waals surface area contributed by atoms with Crippen LogP contribution in [-0.2, 0) is 6.54 Å². The second kappa shape index (κ2) is 6.41. The summed E-state index contributed by atoms with van der Waals surface area (Å²) in [6.07, 6.45) is 5.33. The normalized spacial score (nSPS) is 10.2. The van der Waals surface area contributed by atoms with Gasteiger partial charge in [0.1, 0.15) is 5.69 Å². The average Bonchev–Trinajstić information content (AvgIpc) is 2.96. The zero-order valence-electron chi connectivity index (χ0n) is 10.6. The van der Waals surface area contributed by atoms with Crippen LogP contribution in [0.25, 0.3) is 0 Å². The first-order chi connectivity index (χ1) is 9.66. The van der Waals surface area contributed by atoms with Crippen LogP contribution in [0.2, 0.25) is 0 Å². The van der Waals surface area contributed by atoms with Gasteiger partial charge in [-0.3, -0.25) is 9.48 Å². The second-order valence-corrected chi connectivity index (χ2v) is 4.01. The molecule has 0 aliphatic rings. The highest BCUT2D eigenvalue weighted by Gasteiger charge is 2.10. The van der Waals surface area contributed by atoms with Gasteiger partial charge in [0.15, 0.2) is 0 Å². The SMILES string of the molecule is O=C(NCCCn1ccnn1)c1ccnc(C(=O)O)c1. The fourth-order valence-electron chi connectivity index (χ4n) is 1.59. The van der Waals surface area contributed by atoms with Gasteiger partial charge in [0.05, 0.1) is 6.20 Å². The smallest absolute Gasteiger partial charge is 0.354 e. The van der Waals surface area contributed by atoms with Gasteiger partial charge in [-0.25, -0.2) is 9.78 Å². The Morgan fingerprint density at radius 1 is 1.35 bits per heavy atom. The van der Waals surface area contributed by atoms with Crippen molar-refractivity contribution < 1.29 is 14.7 Å². The fraction of sp³-hybridized carbons (Fsp3) is 0.250. The number of carbonyl (C=O) groups excluding carboxylic acids is 1. The highest BCUT2D eigenvalue weighted by Crippen LogP contribution is 2.02. The Labute approximate surface area is 114 Å². The number of carboxylic acid groups (broad SMARTS) is 1. The fourth-order valence-corrected chi connectivity index (χ4v) is 1.59. The van der Waals surface area contributed by atoms with Crippen LogP contribution in [0, 0.1) is 0 Å². The molecule has 8 nitrogen and oxygen atoms in total. The van der Waals surface area contributed by atoms with Gasteiger partial charge in [-0.05, 0) is 18.6 Å². The van der Waals surface area contributed by atoms with Crippen molar-refractivity contribution >= 4 is 11.9 Å². The third-order valence-corrected chi connectivity index (χ3v) is 2.56. The molecule has 0 spiro atoms. The summed E-state index contributed by atoms with van der Waals surface area (Å²) in [5.74, 6) is -1.49. The number of aryl methyl sites for hydroxylation is 1. The van der Waals surface area contributed by atoms with E-state index < -0.39 is 5.97 Å². The van der Waals surface area contributed by atoms with Gasteiger partial charge in [0, 0.05) is 31.0 Å². The van der Waals surface area contributed by atoms with Gasteiger partial charge in [0.25, 0.3) is 5.91 Å². The van der Waals surface area contributed by atoms with Gasteiger partial charge in [0.2, 0.25) is 0 Å². The summed E-state index contributed by atoms with van der Waals surface area (Å²) in [5, 5.41) is 19.0. The summed E-state index contributed by atoms with van der Waals surface area (Å²) in [7, 11) is 0. The van der Waals surface area contributed by atoms with Crippen molar-refractivity contribution in [3.8, 4) is 0 Å². The van der Waals surface area contributed by atoms with Crippen LogP contribution < -0.4 is 5.32 Å². The largest absolute Gasteiger partial charge is 0.477 e. The Morgan fingerprint density at radius 3 is 2.90 bits per heavy atom. The molecule has 0 fully saturated rings. The summed E-state index contributed by atoms with van der Waals surface area (Å²) < 4.78 is 1.67. The first kappa shape index (κ1) is 13.7. The van der Waals surface area contributed by atoms with Crippen LogP contribution in [0.5, 0.6) is 0 Å². The minimum Gasteiger partial charge on any atom is -0.477 e. The molecule has 2 aromatic rings. The van der Waals surface area contributed by atoms with E-state index in [1.165, 1.54) is 18.3 Å². The number of pyridine rings is 1. The highest BCUT2D eigenvalue weighted by atomic mass is 16.4. The molecule has 1 amide bonds. The Kier molecular flexibility index (Phi) is 4.38. The molecule has 0 aliphatic carbocycles. The van der Waals surface area contributed by atoms with Crippen molar-refractivity contribution in [3.63, 3.8) is 0 Å². The number of amides is 1. The van der Waals surface area contributed by atoms with E-state index in [1.807, 2.05) is 0 Å². The van der Waals surface area contributed by atoms with Crippen molar-refractivity contribution in [2.24, 2.45) is 0 Å². The Morgan fingerprint density at radius 2 is 2.20 bits per heavy atom. The maximum absolute atomic E-state index is 11.8. The van der Waals surface area contributed by atoms with Crippen molar-refractivity contribution in [2.75, 3.05) is 6.54 Å². The topological polar surface area (TPSA) is 110 Å². The molecule has 0 atom stereocenters. The minimum absolute atomic E-state index is 0.153. The zero-order chi connectivity index (χ0) is 14.4. The van der Waals surface area contributed by atoms with Crippen molar-refractivity contribution in [1.29, 1.82) is 0 Å². The van der Waals surface area contributed by atoms with E-state index in [-0.39, 0.29) is 17.2 Å². The number of nitrogens with zero attached hydrogens (tertiary/aromatic N) is 4. The predicted molar refractivity (Wildman–Crippen MR) is 68.2 cm³/mol. The maximum atomic E-state index is 11.8. The molecule has 2 N–H and O–H groups in total. The molecule has 0 unspecified atom stereocenters. The van der Waals surface area contributed by atoms with E-state index in [2.05, 4.69) is 20.6 Å².